The number of phosphoric acid groups is 3. The Balaban J connectivity index is 1.75. The Bertz CT molecular complexity index is 1300. The van der Waals surface area contributed by atoms with Crippen LogP contribution < -0.4 is 11.0 Å². The third-order valence-electron chi connectivity index (χ3n) is 5.26. The van der Waals surface area contributed by atoms with Crippen LogP contribution in [0.25, 0.3) is 0 Å². The summed E-state index contributed by atoms with van der Waals surface area (Å²) < 4.78 is 52.1. The van der Waals surface area contributed by atoms with Gasteiger partial charge < -0.3 is 39.8 Å². The summed E-state index contributed by atoms with van der Waals surface area (Å²) in [5.74, 6) is 0.423. The van der Waals surface area contributed by atoms with Crippen molar-refractivity contribution in [1.82, 2.24) is 9.55 Å². The average Bonchev–Trinajstić information content (AvgIpc) is 3.21. The number of aromatic nitrogens is 2. The van der Waals surface area contributed by atoms with E-state index in [2.05, 4.69) is 23.4 Å². The number of carbonyl (C=O) groups is 2. The molecule has 2 rings (SSSR count). The van der Waals surface area contributed by atoms with Gasteiger partial charge in [0.1, 0.15) is 18.1 Å². The fourth-order valence-electron chi connectivity index (χ4n) is 3.44. The lowest BCUT2D eigenvalue weighted by atomic mass is 10.2. The van der Waals surface area contributed by atoms with Gasteiger partial charge in [-0.3, -0.25) is 18.7 Å². The second kappa shape index (κ2) is 17.5. The summed E-state index contributed by atoms with van der Waals surface area (Å²) in [6.07, 6.45) is 0.589. The number of phosphoric ester groups is 1. The van der Waals surface area contributed by atoms with Gasteiger partial charge in [-0.1, -0.05) is 28.0 Å². The first-order valence-electron chi connectivity index (χ1n) is 12.4. The Kier molecular flexibility index (Phi) is 15.5. The highest BCUT2D eigenvalue weighted by Gasteiger charge is 2.43. The summed E-state index contributed by atoms with van der Waals surface area (Å²) in [5.41, 5.74) is -0.848. The molecule has 0 aliphatic carbocycles. The molecule has 1 saturated heterocycles. The van der Waals surface area contributed by atoms with Crippen LogP contribution in [0.4, 0.5) is 5.82 Å². The molecule has 1 aliphatic rings. The number of carbonyl (C=O) groups excluding carboxylic acids is 1. The zero-order valence-electron chi connectivity index (χ0n) is 22.3. The Morgan fingerprint density at radius 1 is 1.02 bits per heavy atom. The minimum Gasteiger partial charge on any atom is -0.481 e. The van der Waals surface area contributed by atoms with E-state index in [4.69, 9.17) is 19.6 Å². The number of hydrogen-bond acceptors (Lipinski definition) is 14. The maximum Gasteiger partial charge on any atom is 0.490 e. The van der Waals surface area contributed by atoms with E-state index in [1.54, 1.807) is 21.6 Å². The Morgan fingerprint density at radius 2 is 1.70 bits per heavy atom. The van der Waals surface area contributed by atoms with Crippen molar-refractivity contribution >= 4 is 62.8 Å². The second-order valence-electron chi connectivity index (χ2n) is 8.82. The van der Waals surface area contributed by atoms with Gasteiger partial charge in [-0.15, -0.1) is 0 Å². The number of nitrogens with zero attached hydrogens (tertiary/aromatic N) is 2. The smallest absolute Gasteiger partial charge is 0.481 e. The highest BCUT2D eigenvalue weighted by molar-refractivity contribution is 8.76. The van der Waals surface area contributed by atoms with Crippen LogP contribution in [0.3, 0.4) is 0 Å². The number of nitrogens with one attached hydrogen (secondary N) is 1. The molecule has 7 N–H and O–H groups in total. The first-order valence-corrected chi connectivity index (χ1v) is 19.4. The molecule has 1 amide bonds. The van der Waals surface area contributed by atoms with Crippen LogP contribution in [-0.4, -0.2) is 81.5 Å². The van der Waals surface area contributed by atoms with E-state index in [-0.39, 0.29) is 31.0 Å². The second-order valence-corrected chi connectivity index (χ2v) is 15.9. The fourth-order valence-corrected chi connectivity index (χ4v) is 8.70. The van der Waals surface area contributed by atoms with Crippen LogP contribution in [-0.2, 0) is 41.2 Å². The molecule has 3 unspecified atom stereocenters. The molecule has 0 bridgehead atoms. The number of unbranched alkanes of at least 4 members (excludes halogenated alkanes) is 2. The van der Waals surface area contributed by atoms with Crippen molar-refractivity contribution in [1.29, 1.82) is 0 Å². The molecule has 1 aromatic heterocycles. The molecule has 43 heavy (non-hydrogen) atoms. The maximum absolute atomic E-state index is 12.5. The van der Waals surface area contributed by atoms with Gasteiger partial charge in [0.05, 0.1) is 12.7 Å². The molecule has 1 fully saturated rings. The molecular formula is C19H32N3O16P3S2. The van der Waals surface area contributed by atoms with Crippen LogP contribution in [0.15, 0.2) is 17.1 Å². The van der Waals surface area contributed by atoms with E-state index in [1.165, 1.54) is 12.3 Å². The van der Waals surface area contributed by atoms with E-state index in [0.717, 1.165) is 23.2 Å². The minimum atomic E-state index is -5.72. The summed E-state index contributed by atoms with van der Waals surface area (Å²) in [7, 11) is -13.5. The van der Waals surface area contributed by atoms with Crippen molar-refractivity contribution in [2.75, 3.05) is 23.4 Å². The van der Waals surface area contributed by atoms with Gasteiger partial charge in [0.15, 0.2) is 0 Å². The first kappa shape index (κ1) is 38.0. The molecule has 19 nitrogen and oxygen atoms in total. The highest BCUT2D eigenvalue weighted by Crippen LogP contribution is 2.66. The summed E-state index contributed by atoms with van der Waals surface area (Å²) in [6.45, 7) is -0.902. The van der Waals surface area contributed by atoms with E-state index in [9.17, 15) is 43.0 Å². The molecule has 1 aliphatic heterocycles. The lowest BCUT2D eigenvalue weighted by molar-refractivity contribution is -0.137. The number of carboxylic acids is 1. The molecule has 24 heteroatoms. The van der Waals surface area contributed by atoms with Crippen molar-refractivity contribution in [2.24, 2.45) is 0 Å². The molecule has 0 aromatic carbocycles. The Morgan fingerprint density at radius 3 is 2.33 bits per heavy atom. The van der Waals surface area contributed by atoms with Gasteiger partial charge >= 0.3 is 35.1 Å². The molecule has 0 saturated carbocycles. The van der Waals surface area contributed by atoms with Crippen LogP contribution in [0.5, 0.6) is 0 Å². The van der Waals surface area contributed by atoms with Crippen LogP contribution >= 0.6 is 45.1 Å². The van der Waals surface area contributed by atoms with E-state index < -0.39 is 60.2 Å². The number of aliphatic carboxylic acids is 1. The largest absolute Gasteiger partial charge is 0.490 e. The van der Waals surface area contributed by atoms with Crippen LogP contribution in [0.1, 0.15) is 51.2 Å². The lowest BCUT2D eigenvalue weighted by Crippen LogP contribution is -2.29. The van der Waals surface area contributed by atoms with Gasteiger partial charge in [0.2, 0.25) is 5.91 Å². The van der Waals surface area contributed by atoms with Crippen molar-refractivity contribution in [3.8, 4) is 0 Å². The number of anilines is 1. The number of hydrogen-bond donors (Lipinski definition) is 7. The molecule has 2 heterocycles. The Labute approximate surface area is 252 Å². The Hall–Kier alpha value is -1.15. The van der Waals surface area contributed by atoms with Crippen molar-refractivity contribution in [2.45, 2.75) is 63.4 Å². The standard InChI is InChI=1S/C19H32N3O16P3S2/c23-13-11-17(36-14(13)12-35-40(31,32)38-41(33,34)37-39(28,29)30)22-8-7-15(21-19(22)27)20-16(24)5-4-10-43-42-9-3-1-2-6-18(25)26/h7-8,13-14,17,23H,1-6,9-12H2,(H,25,26)(H,31,32)(H,33,34)(H2,28,29,30)(H,20,21,24,27)/t13?,14-,17-/m1/s1. The molecule has 5 atom stereocenters. The minimum absolute atomic E-state index is 0.0163. The molecule has 1 aromatic rings. The van der Waals surface area contributed by atoms with Crippen LogP contribution in [0.2, 0.25) is 0 Å². The van der Waals surface area contributed by atoms with Crippen LogP contribution in [0, 0.1) is 0 Å². The lowest BCUT2D eigenvalue weighted by Gasteiger charge is -2.19. The number of aliphatic hydroxyl groups excluding tert-OH is 1. The molecule has 0 spiro atoms. The predicted molar refractivity (Wildman–Crippen MR) is 152 cm³/mol. The monoisotopic (exact) mass is 715 g/mol. The molecule has 0 radical (unpaired) electrons. The molecular weight excluding hydrogens is 683 g/mol. The number of aliphatic hydroxyl groups is 1. The van der Waals surface area contributed by atoms with Gasteiger partial charge in [0.25, 0.3) is 0 Å². The third kappa shape index (κ3) is 15.6. The topological polar surface area (TPSA) is 291 Å². The SMILES string of the molecule is O=C(O)CCCCCSSCCCC(=O)Nc1ccn([C@H]2CC(O)[C@@H](COP(=O)(O)OP(=O)(O)OP(=O)(O)O)O2)c(=O)n1. The maximum atomic E-state index is 12.5. The summed E-state index contributed by atoms with van der Waals surface area (Å²) in [5, 5.41) is 21.3. The average molecular weight is 716 g/mol. The van der Waals surface area contributed by atoms with Crippen molar-refractivity contribution in [3.63, 3.8) is 0 Å². The third-order valence-corrected chi connectivity index (χ3v) is 11.6. The van der Waals surface area contributed by atoms with E-state index >= 15 is 0 Å². The zero-order chi connectivity index (χ0) is 32.3. The number of ether oxygens (including phenoxy) is 1. The highest BCUT2D eigenvalue weighted by atomic mass is 33.1. The molecule has 246 valence electrons. The number of carboxylic acid groups (broad SMARTS) is 1. The first-order chi connectivity index (χ1) is 20.0. The van der Waals surface area contributed by atoms with E-state index in [1.807, 2.05) is 0 Å². The zero-order valence-corrected chi connectivity index (χ0v) is 26.6. The summed E-state index contributed by atoms with van der Waals surface area (Å²) in [6, 6.07) is 1.32. The van der Waals surface area contributed by atoms with Gasteiger partial charge in [-0.2, -0.15) is 13.6 Å². The summed E-state index contributed by atoms with van der Waals surface area (Å²) in [4.78, 5) is 74.8. The van der Waals surface area contributed by atoms with E-state index in [0.29, 0.717) is 18.6 Å². The van der Waals surface area contributed by atoms with Crippen molar-refractivity contribution in [3.05, 3.63) is 22.7 Å². The van der Waals surface area contributed by atoms with Crippen molar-refractivity contribution < 1.29 is 71.0 Å². The summed E-state index contributed by atoms with van der Waals surface area (Å²) >= 11 is 0. The quantitative estimate of drug-likeness (QED) is 0.0577. The number of amides is 1. The predicted octanol–water partition coefficient (Wildman–Crippen LogP) is 1.98. The fraction of sp³-hybridized carbons (Fsp3) is 0.684. The van der Waals surface area contributed by atoms with Gasteiger partial charge in [-0.05, 0) is 25.3 Å². The number of rotatable bonds is 20. The normalized spacial score (nSPS) is 21.7. The van der Waals surface area contributed by atoms with Gasteiger partial charge in [-0.25, -0.2) is 18.5 Å². The van der Waals surface area contributed by atoms with Gasteiger partial charge in [0, 0.05) is 37.0 Å².